The van der Waals surface area contributed by atoms with Crippen LogP contribution in [-0.2, 0) is 27.3 Å². The minimum atomic E-state index is -0.800. The van der Waals surface area contributed by atoms with Gasteiger partial charge in [-0.15, -0.1) is 11.3 Å². The van der Waals surface area contributed by atoms with Crippen molar-refractivity contribution in [3.63, 3.8) is 0 Å². The van der Waals surface area contributed by atoms with Crippen molar-refractivity contribution >= 4 is 34.0 Å². The van der Waals surface area contributed by atoms with Crippen LogP contribution in [0.15, 0.2) is 30.3 Å². The number of benzene rings is 1. The van der Waals surface area contributed by atoms with E-state index in [4.69, 9.17) is 15.2 Å². The molecule has 9 nitrogen and oxygen atoms in total. The maximum atomic E-state index is 14.9. The number of aromatic nitrogens is 1. The number of halogens is 2. The Morgan fingerprint density at radius 1 is 1.31 bits per heavy atom. The first kappa shape index (κ1) is 28.6. The molecule has 3 heterocycles. The van der Waals surface area contributed by atoms with Gasteiger partial charge in [-0.05, 0) is 55.7 Å². The molecule has 1 aliphatic heterocycles. The number of aliphatic hydroxyl groups is 1. The van der Waals surface area contributed by atoms with Crippen molar-refractivity contribution in [1.29, 1.82) is 0 Å². The quantitative estimate of drug-likeness (QED) is 0.306. The van der Waals surface area contributed by atoms with Crippen molar-refractivity contribution in [1.82, 2.24) is 9.88 Å². The highest BCUT2D eigenvalue weighted by Crippen LogP contribution is 2.39. The molecule has 1 unspecified atom stereocenters. The number of morpholine rings is 1. The van der Waals surface area contributed by atoms with Crippen molar-refractivity contribution in [2.75, 3.05) is 38.2 Å². The van der Waals surface area contributed by atoms with E-state index in [0.29, 0.717) is 55.0 Å². The fourth-order valence-corrected chi connectivity index (χ4v) is 5.30. The van der Waals surface area contributed by atoms with E-state index in [1.807, 2.05) is 13.0 Å². The van der Waals surface area contributed by atoms with Gasteiger partial charge in [0.05, 0.1) is 37.1 Å². The third kappa shape index (κ3) is 7.15. The van der Waals surface area contributed by atoms with Crippen LogP contribution in [-0.4, -0.2) is 65.8 Å². The Bertz CT molecular complexity index is 1340. The molecule has 4 N–H and O–H groups in total. The topological polar surface area (TPSA) is 127 Å². The van der Waals surface area contributed by atoms with E-state index in [2.05, 4.69) is 10.3 Å². The van der Waals surface area contributed by atoms with Crippen LogP contribution in [0.1, 0.15) is 34.1 Å². The number of nitrogens with zero attached hydrogens (tertiary/aromatic N) is 2. The van der Waals surface area contributed by atoms with E-state index in [-0.39, 0.29) is 34.9 Å². The lowest BCUT2D eigenvalue weighted by atomic mass is 10.0. The summed E-state index contributed by atoms with van der Waals surface area (Å²) in [5.41, 5.74) is 7.20. The first-order valence-corrected chi connectivity index (χ1v) is 13.2. The number of carbonyl (C=O) groups is 2. The van der Waals surface area contributed by atoms with Crippen LogP contribution >= 0.6 is 11.3 Å². The Hall–Kier alpha value is -3.45. The zero-order valence-electron chi connectivity index (χ0n) is 21.6. The van der Waals surface area contributed by atoms with E-state index in [1.165, 1.54) is 25.1 Å². The summed E-state index contributed by atoms with van der Waals surface area (Å²) in [7, 11) is 0. The molecule has 39 heavy (non-hydrogen) atoms. The number of thiophene rings is 1. The summed E-state index contributed by atoms with van der Waals surface area (Å²) >= 11 is 0.977. The normalized spacial score (nSPS) is 14.5. The molecular weight excluding hydrogens is 530 g/mol. The minimum absolute atomic E-state index is 0.0518. The summed E-state index contributed by atoms with van der Waals surface area (Å²) in [5.74, 6) is -1.99. The number of amides is 2. The molecule has 0 aliphatic carbocycles. The summed E-state index contributed by atoms with van der Waals surface area (Å²) < 4.78 is 40.6. The van der Waals surface area contributed by atoms with Gasteiger partial charge in [-0.1, -0.05) is 6.07 Å². The van der Waals surface area contributed by atoms with Gasteiger partial charge in [0, 0.05) is 23.7 Å². The molecule has 0 saturated carbocycles. The highest BCUT2D eigenvalue weighted by atomic mass is 32.1. The van der Waals surface area contributed by atoms with Crippen molar-refractivity contribution < 1.29 is 33.0 Å². The summed E-state index contributed by atoms with van der Waals surface area (Å²) in [6, 6.07) is 7.22. The number of pyridine rings is 1. The Balaban J connectivity index is 1.45. The zero-order chi connectivity index (χ0) is 28.1. The fourth-order valence-electron chi connectivity index (χ4n) is 4.18. The Kier molecular flexibility index (Phi) is 9.23. The van der Waals surface area contributed by atoms with Crippen LogP contribution in [0.2, 0.25) is 0 Å². The van der Waals surface area contributed by atoms with E-state index >= 15 is 0 Å². The average molecular weight is 561 g/mol. The lowest BCUT2D eigenvalue weighted by Gasteiger charge is -2.26. The van der Waals surface area contributed by atoms with Gasteiger partial charge in [-0.3, -0.25) is 9.59 Å². The third-order valence-corrected chi connectivity index (χ3v) is 7.23. The highest BCUT2D eigenvalue weighted by molar-refractivity contribution is 7.20. The van der Waals surface area contributed by atoms with Gasteiger partial charge in [0.2, 0.25) is 5.91 Å². The minimum Gasteiger partial charge on any atom is -0.393 e. The van der Waals surface area contributed by atoms with Crippen molar-refractivity contribution in [2.45, 2.75) is 33.0 Å². The van der Waals surface area contributed by atoms with Crippen LogP contribution < -0.4 is 11.1 Å². The van der Waals surface area contributed by atoms with Gasteiger partial charge in [0.1, 0.15) is 29.1 Å². The molecule has 1 atom stereocenters. The summed E-state index contributed by atoms with van der Waals surface area (Å²) in [5, 5.41) is 12.9. The first-order valence-electron chi connectivity index (χ1n) is 12.4. The van der Waals surface area contributed by atoms with Gasteiger partial charge < -0.3 is 30.5 Å². The molecule has 0 bridgehead atoms. The number of anilines is 2. The smallest absolute Gasteiger partial charge is 0.251 e. The van der Waals surface area contributed by atoms with E-state index in [9.17, 15) is 23.5 Å². The first-order chi connectivity index (χ1) is 18.6. The lowest BCUT2D eigenvalue weighted by molar-refractivity contribution is -0.143. The van der Waals surface area contributed by atoms with Gasteiger partial charge in [0.25, 0.3) is 5.91 Å². The number of nitrogens with one attached hydrogen (secondary N) is 1. The number of hydrogen-bond donors (Lipinski definition) is 3. The molecule has 4 rings (SSSR count). The van der Waals surface area contributed by atoms with Gasteiger partial charge in [-0.2, -0.15) is 0 Å². The molecule has 12 heteroatoms. The Morgan fingerprint density at radius 2 is 2.05 bits per heavy atom. The number of hydrogen-bond acceptors (Lipinski definition) is 8. The molecule has 1 aliphatic rings. The summed E-state index contributed by atoms with van der Waals surface area (Å²) in [4.78, 5) is 30.3. The van der Waals surface area contributed by atoms with Crippen LogP contribution in [0.5, 0.6) is 0 Å². The highest BCUT2D eigenvalue weighted by Gasteiger charge is 2.22. The molecule has 1 fully saturated rings. The molecule has 0 spiro atoms. The molecule has 1 saturated heterocycles. The monoisotopic (exact) mass is 560 g/mol. The van der Waals surface area contributed by atoms with Gasteiger partial charge in [0.15, 0.2) is 0 Å². The van der Waals surface area contributed by atoms with Crippen LogP contribution in [0.25, 0.3) is 10.4 Å². The average Bonchev–Trinajstić information content (AvgIpc) is 3.26. The van der Waals surface area contributed by atoms with Crippen LogP contribution in [0, 0.1) is 18.6 Å². The molecule has 2 amide bonds. The molecule has 1 aromatic carbocycles. The Morgan fingerprint density at radius 3 is 2.69 bits per heavy atom. The largest absolute Gasteiger partial charge is 0.393 e. The maximum Gasteiger partial charge on any atom is 0.251 e. The second kappa shape index (κ2) is 12.6. The third-order valence-electron chi connectivity index (χ3n) is 6.16. The number of nitrogens with two attached hydrogens (primary N) is 1. The molecule has 208 valence electrons. The van der Waals surface area contributed by atoms with Crippen LogP contribution in [0.4, 0.5) is 19.6 Å². The number of rotatable bonds is 11. The van der Waals surface area contributed by atoms with Gasteiger partial charge >= 0.3 is 0 Å². The SMILES string of the molecule is Cc1nc(Nc2sc(-c3c(F)cc(CC(C)O)cc3F)cc2C(N)=O)ccc1COCCN1CCOCC1=O. The van der Waals surface area contributed by atoms with Crippen molar-refractivity contribution in [3.8, 4) is 10.4 Å². The van der Waals surface area contributed by atoms with Gasteiger partial charge in [-0.25, -0.2) is 13.8 Å². The van der Waals surface area contributed by atoms with Crippen molar-refractivity contribution in [3.05, 3.63) is 64.4 Å². The number of carbonyl (C=O) groups excluding carboxylic acids is 2. The summed E-state index contributed by atoms with van der Waals surface area (Å²) in [6.45, 7) is 5.67. The molecule has 0 radical (unpaired) electrons. The predicted octanol–water partition coefficient (Wildman–Crippen LogP) is 3.54. The Labute approximate surface area is 228 Å². The second-order valence-electron chi connectivity index (χ2n) is 9.26. The number of ether oxygens (including phenoxy) is 2. The molecule has 3 aromatic rings. The van der Waals surface area contributed by atoms with E-state index < -0.39 is 23.6 Å². The lowest BCUT2D eigenvalue weighted by Crippen LogP contribution is -2.43. The number of primary amides is 1. The van der Waals surface area contributed by atoms with E-state index in [1.54, 1.807) is 11.0 Å². The number of aliphatic hydroxyl groups excluding tert-OH is 1. The van der Waals surface area contributed by atoms with E-state index in [0.717, 1.165) is 16.9 Å². The fraction of sp³-hybridized carbons (Fsp3) is 0.370. The van der Waals surface area contributed by atoms with Crippen molar-refractivity contribution in [2.24, 2.45) is 5.73 Å². The zero-order valence-corrected chi connectivity index (χ0v) is 22.4. The van der Waals surface area contributed by atoms with Crippen LogP contribution in [0.3, 0.4) is 0 Å². The maximum absolute atomic E-state index is 14.9. The standard InChI is InChI=1S/C27H30F2N4O5S/c1-15(34)9-17-10-20(28)25(21(29)11-17)22-12-19(26(30)36)27(39-22)32-23-4-3-18(16(2)31-23)13-37-7-5-33-6-8-38-14-24(33)35/h3-4,10-12,15,34H,5-9,13-14H2,1-2H3,(H2,30,36)(H,31,32). The molecular formula is C27H30F2N4O5S. The molecule has 2 aromatic heterocycles. The summed E-state index contributed by atoms with van der Waals surface area (Å²) in [6.07, 6.45) is -0.638. The predicted molar refractivity (Wildman–Crippen MR) is 143 cm³/mol. The number of aryl methyl sites for hydroxylation is 1. The second-order valence-corrected chi connectivity index (χ2v) is 10.3.